The summed E-state index contributed by atoms with van der Waals surface area (Å²) < 4.78 is 39.8. The zero-order chi connectivity index (χ0) is 15.6. The van der Waals surface area contributed by atoms with E-state index in [1.807, 2.05) is 0 Å². The van der Waals surface area contributed by atoms with Gasteiger partial charge in [0, 0.05) is 6.20 Å². The average molecular weight is 375 g/mol. The SMILES string of the molecule is O=C(O)c1cncc(NS(=O)(=O)c2ccc(Br)c(F)c2)c1. The van der Waals surface area contributed by atoms with Crippen molar-refractivity contribution in [1.29, 1.82) is 0 Å². The highest BCUT2D eigenvalue weighted by Gasteiger charge is 2.17. The molecule has 0 aliphatic heterocycles. The summed E-state index contributed by atoms with van der Waals surface area (Å²) in [6, 6.07) is 4.43. The fourth-order valence-electron chi connectivity index (χ4n) is 1.47. The first kappa shape index (κ1) is 15.4. The van der Waals surface area contributed by atoms with Crippen LogP contribution in [0.1, 0.15) is 10.4 Å². The summed E-state index contributed by atoms with van der Waals surface area (Å²) in [5.41, 5.74) is -0.199. The van der Waals surface area contributed by atoms with E-state index in [-0.39, 0.29) is 20.6 Å². The number of carboxylic acid groups (broad SMARTS) is 1. The molecule has 2 N–H and O–H groups in total. The van der Waals surface area contributed by atoms with E-state index < -0.39 is 21.8 Å². The lowest BCUT2D eigenvalue weighted by Crippen LogP contribution is -2.14. The maximum Gasteiger partial charge on any atom is 0.337 e. The molecule has 0 fully saturated rings. The Morgan fingerprint density at radius 3 is 2.62 bits per heavy atom. The van der Waals surface area contributed by atoms with Crippen molar-refractivity contribution in [3.05, 3.63) is 52.5 Å². The van der Waals surface area contributed by atoms with Crippen molar-refractivity contribution in [1.82, 2.24) is 4.98 Å². The third-order valence-corrected chi connectivity index (χ3v) is 4.46. The Morgan fingerprint density at radius 2 is 2.00 bits per heavy atom. The Bertz CT molecular complexity index is 811. The molecule has 1 aromatic carbocycles. The largest absolute Gasteiger partial charge is 0.478 e. The number of halogens is 2. The molecular weight excluding hydrogens is 367 g/mol. The number of nitrogens with zero attached hydrogens (tertiary/aromatic N) is 1. The van der Waals surface area contributed by atoms with Crippen LogP contribution < -0.4 is 4.72 Å². The molecule has 9 heteroatoms. The summed E-state index contributed by atoms with van der Waals surface area (Å²) >= 11 is 2.92. The van der Waals surface area contributed by atoms with E-state index >= 15 is 0 Å². The van der Waals surface area contributed by atoms with Crippen molar-refractivity contribution >= 4 is 37.6 Å². The molecule has 0 aliphatic rings. The normalized spacial score (nSPS) is 11.1. The Hall–Kier alpha value is -2.00. The average Bonchev–Trinajstić information content (AvgIpc) is 2.41. The lowest BCUT2D eigenvalue weighted by molar-refractivity contribution is 0.0696. The number of aromatic nitrogens is 1. The Labute approximate surface area is 127 Å². The lowest BCUT2D eigenvalue weighted by atomic mass is 10.3. The van der Waals surface area contributed by atoms with Gasteiger partial charge in [-0.2, -0.15) is 0 Å². The summed E-state index contributed by atoms with van der Waals surface area (Å²) in [5, 5.41) is 8.82. The molecule has 0 saturated heterocycles. The number of carbonyl (C=O) groups is 1. The monoisotopic (exact) mass is 374 g/mol. The van der Waals surface area contributed by atoms with Gasteiger partial charge < -0.3 is 5.11 Å². The number of anilines is 1. The van der Waals surface area contributed by atoms with Gasteiger partial charge >= 0.3 is 5.97 Å². The zero-order valence-electron chi connectivity index (χ0n) is 10.2. The molecule has 0 bridgehead atoms. The van der Waals surface area contributed by atoms with Crippen molar-refractivity contribution in [2.75, 3.05) is 4.72 Å². The zero-order valence-corrected chi connectivity index (χ0v) is 12.6. The van der Waals surface area contributed by atoms with Gasteiger partial charge in [0.05, 0.1) is 26.8 Å². The number of benzene rings is 1. The Morgan fingerprint density at radius 1 is 1.29 bits per heavy atom. The number of carboxylic acids is 1. The number of aromatic carboxylic acids is 1. The van der Waals surface area contributed by atoms with Crippen LogP contribution in [0, 0.1) is 5.82 Å². The second kappa shape index (κ2) is 5.78. The first-order valence-corrected chi connectivity index (χ1v) is 7.73. The molecule has 0 spiro atoms. The van der Waals surface area contributed by atoms with E-state index in [0.29, 0.717) is 0 Å². The topological polar surface area (TPSA) is 96.4 Å². The Kier molecular flexibility index (Phi) is 4.24. The summed E-state index contributed by atoms with van der Waals surface area (Å²) in [6.07, 6.45) is 2.23. The fraction of sp³-hybridized carbons (Fsp3) is 0. The summed E-state index contributed by atoms with van der Waals surface area (Å²) in [4.78, 5) is 14.1. The van der Waals surface area contributed by atoms with Crippen LogP contribution >= 0.6 is 15.9 Å². The van der Waals surface area contributed by atoms with Gasteiger partial charge in [-0.05, 0) is 40.2 Å². The molecule has 110 valence electrons. The van der Waals surface area contributed by atoms with Crippen molar-refractivity contribution in [2.45, 2.75) is 4.90 Å². The van der Waals surface area contributed by atoms with E-state index in [2.05, 4.69) is 25.6 Å². The third kappa shape index (κ3) is 3.56. The molecule has 1 heterocycles. The van der Waals surface area contributed by atoms with Gasteiger partial charge in [0.25, 0.3) is 10.0 Å². The number of sulfonamides is 1. The number of nitrogens with one attached hydrogen (secondary N) is 1. The number of rotatable bonds is 4. The van der Waals surface area contributed by atoms with E-state index in [9.17, 15) is 17.6 Å². The molecule has 0 radical (unpaired) electrons. The summed E-state index contributed by atoms with van der Waals surface area (Å²) in [6.45, 7) is 0. The second-order valence-corrected chi connectivity index (χ2v) is 6.49. The van der Waals surface area contributed by atoms with Gasteiger partial charge in [-0.3, -0.25) is 9.71 Å². The van der Waals surface area contributed by atoms with Gasteiger partial charge in [0.15, 0.2) is 0 Å². The van der Waals surface area contributed by atoms with E-state index in [0.717, 1.165) is 24.5 Å². The molecule has 0 unspecified atom stereocenters. The molecule has 1 aromatic heterocycles. The molecule has 2 rings (SSSR count). The third-order valence-electron chi connectivity index (χ3n) is 2.44. The number of pyridine rings is 1. The first-order chi connectivity index (χ1) is 9.79. The van der Waals surface area contributed by atoms with Crippen LogP contribution in [0.3, 0.4) is 0 Å². The highest BCUT2D eigenvalue weighted by Crippen LogP contribution is 2.21. The summed E-state index contributed by atoms with van der Waals surface area (Å²) in [5.74, 6) is -1.96. The fourth-order valence-corrected chi connectivity index (χ4v) is 2.76. The van der Waals surface area contributed by atoms with Crippen molar-refractivity contribution in [2.24, 2.45) is 0 Å². The van der Waals surface area contributed by atoms with E-state index in [1.165, 1.54) is 12.1 Å². The van der Waals surface area contributed by atoms with Crippen molar-refractivity contribution in [3.8, 4) is 0 Å². The minimum Gasteiger partial charge on any atom is -0.478 e. The highest BCUT2D eigenvalue weighted by atomic mass is 79.9. The van der Waals surface area contributed by atoms with E-state index in [1.54, 1.807) is 0 Å². The molecule has 0 amide bonds. The van der Waals surface area contributed by atoms with Crippen LogP contribution in [0.4, 0.5) is 10.1 Å². The van der Waals surface area contributed by atoms with E-state index in [4.69, 9.17) is 5.11 Å². The number of hydrogen-bond donors (Lipinski definition) is 2. The first-order valence-electron chi connectivity index (χ1n) is 5.46. The lowest BCUT2D eigenvalue weighted by Gasteiger charge is -2.08. The predicted molar refractivity (Wildman–Crippen MR) is 76.1 cm³/mol. The van der Waals surface area contributed by atoms with Crippen LogP contribution in [-0.4, -0.2) is 24.5 Å². The molecule has 21 heavy (non-hydrogen) atoms. The minimum atomic E-state index is -4.04. The quantitative estimate of drug-likeness (QED) is 0.856. The molecule has 0 aliphatic carbocycles. The number of hydrogen-bond acceptors (Lipinski definition) is 4. The molecular formula is C12H8BrFN2O4S. The summed E-state index contributed by atoms with van der Waals surface area (Å²) in [7, 11) is -4.04. The van der Waals surface area contributed by atoms with Crippen LogP contribution in [0.2, 0.25) is 0 Å². The van der Waals surface area contributed by atoms with Crippen molar-refractivity contribution in [3.63, 3.8) is 0 Å². The Balaban J connectivity index is 2.35. The van der Waals surface area contributed by atoms with Crippen LogP contribution in [0.25, 0.3) is 0 Å². The standard InChI is InChI=1S/C12H8BrFN2O4S/c13-10-2-1-9(4-11(10)14)21(19,20)16-8-3-7(12(17)18)5-15-6-8/h1-6,16H,(H,17,18). The van der Waals surface area contributed by atoms with Gasteiger partial charge in [-0.25, -0.2) is 17.6 Å². The minimum absolute atomic E-state index is 0.0294. The highest BCUT2D eigenvalue weighted by molar-refractivity contribution is 9.10. The van der Waals surface area contributed by atoms with Gasteiger partial charge in [-0.1, -0.05) is 0 Å². The second-order valence-electron chi connectivity index (χ2n) is 3.95. The molecule has 6 nitrogen and oxygen atoms in total. The van der Waals surface area contributed by atoms with Gasteiger partial charge in [0.2, 0.25) is 0 Å². The van der Waals surface area contributed by atoms with Crippen LogP contribution in [0.5, 0.6) is 0 Å². The maximum absolute atomic E-state index is 13.4. The van der Waals surface area contributed by atoms with Crippen LogP contribution in [0.15, 0.2) is 46.0 Å². The smallest absolute Gasteiger partial charge is 0.337 e. The molecule has 0 saturated carbocycles. The van der Waals surface area contributed by atoms with Gasteiger partial charge in [0.1, 0.15) is 5.82 Å². The van der Waals surface area contributed by atoms with Crippen LogP contribution in [-0.2, 0) is 10.0 Å². The molecule has 2 aromatic rings. The van der Waals surface area contributed by atoms with Gasteiger partial charge in [-0.15, -0.1) is 0 Å². The predicted octanol–water partition coefficient (Wildman–Crippen LogP) is 2.48. The molecule has 0 atom stereocenters. The van der Waals surface area contributed by atoms with Crippen molar-refractivity contribution < 1.29 is 22.7 Å². The maximum atomic E-state index is 13.4.